The van der Waals surface area contributed by atoms with Crippen LogP contribution in [0.2, 0.25) is 0 Å². The van der Waals surface area contributed by atoms with Gasteiger partial charge in [-0.25, -0.2) is 4.79 Å². The fourth-order valence-electron chi connectivity index (χ4n) is 2.17. The van der Waals surface area contributed by atoms with Crippen LogP contribution in [0.25, 0.3) is 0 Å². The third kappa shape index (κ3) is 5.17. The van der Waals surface area contributed by atoms with Gasteiger partial charge < -0.3 is 14.8 Å². The Morgan fingerprint density at radius 1 is 0.962 bits per heavy atom. The Labute approximate surface area is 152 Å². The molecule has 0 radical (unpaired) electrons. The second kappa shape index (κ2) is 8.80. The van der Waals surface area contributed by atoms with Gasteiger partial charge in [0, 0.05) is 11.3 Å². The molecule has 2 aromatic rings. The summed E-state index contributed by atoms with van der Waals surface area (Å²) in [7, 11) is 0. The van der Waals surface area contributed by atoms with E-state index in [0.29, 0.717) is 29.2 Å². The van der Waals surface area contributed by atoms with E-state index in [1.807, 2.05) is 0 Å². The summed E-state index contributed by atoms with van der Waals surface area (Å²) in [4.78, 5) is 35.1. The molecule has 0 aliphatic carbocycles. The summed E-state index contributed by atoms with van der Waals surface area (Å²) >= 11 is 0. The van der Waals surface area contributed by atoms with Crippen LogP contribution in [-0.2, 0) is 9.53 Å². The molecule has 1 atom stereocenters. The van der Waals surface area contributed by atoms with E-state index >= 15 is 0 Å². The molecule has 0 aliphatic heterocycles. The highest BCUT2D eigenvalue weighted by molar-refractivity contribution is 5.96. The van der Waals surface area contributed by atoms with Crippen molar-refractivity contribution in [2.45, 2.75) is 26.9 Å². The fraction of sp³-hybridized carbons (Fsp3) is 0.250. The van der Waals surface area contributed by atoms with Crippen LogP contribution in [0.5, 0.6) is 5.75 Å². The van der Waals surface area contributed by atoms with Crippen molar-refractivity contribution in [3.05, 3.63) is 59.7 Å². The number of nitrogens with one attached hydrogen (secondary N) is 1. The molecule has 0 unspecified atom stereocenters. The molecule has 0 heterocycles. The van der Waals surface area contributed by atoms with Crippen molar-refractivity contribution >= 4 is 23.3 Å². The summed E-state index contributed by atoms with van der Waals surface area (Å²) in [6.07, 6.45) is -0.740. The van der Waals surface area contributed by atoms with Crippen LogP contribution < -0.4 is 10.1 Å². The largest absolute Gasteiger partial charge is 0.481 e. The van der Waals surface area contributed by atoms with Gasteiger partial charge in [-0.1, -0.05) is 0 Å². The molecule has 136 valence electrons. The third-order valence-electron chi connectivity index (χ3n) is 3.61. The Balaban J connectivity index is 1.94. The molecule has 1 N–H and O–H groups in total. The lowest BCUT2D eigenvalue weighted by molar-refractivity contribution is -0.122. The van der Waals surface area contributed by atoms with E-state index in [0.717, 1.165) is 0 Å². The Morgan fingerprint density at radius 3 is 2.08 bits per heavy atom. The normalized spacial score (nSPS) is 11.3. The fourth-order valence-corrected chi connectivity index (χ4v) is 2.17. The quantitative estimate of drug-likeness (QED) is 0.607. The Morgan fingerprint density at radius 2 is 1.54 bits per heavy atom. The molecule has 0 saturated heterocycles. The zero-order valence-electron chi connectivity index (χ0n) is 14.9. The van der Waals surface area contributed by atoms with Gasteiger partial charge in [-0.05, 0) is 69.3 Å². The van der Waals surface area contributed by atoms with E-state index in [2.05, 4.69) is 5.32 Å². The van der Waals surface area contributed by atoms with Gasteiger partial charge in [0.1, 0.15) is 5.75 Å². The zero-order chi connectivity index (χ0) is 19.1. The topological polar surface area (TPSA) is 81.7 Å². The molecule has 1 amide bonds. The summed E-state index contributed by atoms with van der Waals surface area (Å²) < 4.78 is 10.5. The van der Waals surface area contributed by atoms with E-state index < -0.39 is 12.1 Å². The van der Waals surface area contributed by atoms with Gasteiger partial charge >= 0.3 is 5.97 Å². The lowest BCUT2D eigenvalue weighted by atomic mass is 10.1. The van der Waals surface area contributed by atoms with E-state index in [9.17, 15) is 14.4 Å². The van der Waals surface area contributed by atoms with Crippen LogP contribution in [0.4, 0.5) is 5.69 Å². The number of hydrogen-bond donors (Lipinski definition) is 1. The van der Waals surface area contributed by atoms with Gasteiger partial charge in [0.2, 0.25) is 0 Å². The summed E-state index contributed by atoms with van der Waals surface area (Å²) in [5.41, 5.74) is 1.57. The molecule has 0 bridgehead atoms. The summed E-state index contributed by atoms with van der Waals surface area (Å²) in [6.45, 7) is 5.15. The predicted molar refractivity (Wildman–Crippen MR) is 97.6 cm³/mol. The number of anilines is 1. The maximum absolute atomic E-state index is 12.2. The highest BCUT2D eigenvalue weighted by Gasteiger charge is 2.15. The first-order valence-corrected chi connectivity index (χ1v) is 8.26. The van der Waals surface area contributed by atoms with E-state index in [-0.39, 0.29) is 11.7 Å². The number of hydrogen-bond acceptors (Lipinski definition) is 5. The number of Topliss-reactive ketones (excluding diaryl/α,β-unsaturated/α-hetero) is 1. The first-order chi connectivity index (χ1) is 12.4. The lowest BCUT2D eigenvalue weighted by Gasteiger charge is -2.15. The van der Waals surface area contributed by atoms with Gasteiger partial charge in [-0.2, -0.15) is 0 Å². The standard InChI is InChI=1S/C20H21NO5/c1-4-25-20(24)16-7-11-18(12-8-16)26-14(3)19(23)21-17-9-5-15(6-10-17)13(2)22/h5-12,14H,4H2,1-3H3,(H,21,23)/t14-/m0/s1. The number of ether oxygens (including phenoxy) is 2. The van der Waals surface area contributed by atoms with Crippen molar-refractivity contribution in [2.75, 3.05) is 11.9 Å². The number of amides is 1. The molecule has 26 heavy (non-hydrogen) atoms. The first kappa shape index (κ1) is 19.2. The maximum atomic E-state index is 12.2. The number of carbonyl (C=O) groups excluding carboxylic acids is 3. The highest BCUT2D eigenvalue weighted by Crippen LogP contribution is 2.16. The van der Waals surface area contributed by atoms with Gasteiger partial charge in [0.05, 0.1) is 12.2 Å². The summed E-state index contributed by atoms with van der Waals surface area (Å²) in [5, 5.41) is 2.73. The van der Waals surface area contributed by atoms with Crippen molar-refractivity contribution in [3.63, 3.8) is 0 Å². The molecule has 6 heteroatoms. The SMILES string of the molecule is CCOC(=O)c1ccc(O[C@@H](C)C(=O)Nc2ccc(C(C)=O)cc2)cc1. The molecular weight excluding hydrogens is 334 g/mol. The van der Waals surface area contributed by atoms with Crippen molar-refractivity contribution in [3.8, 4) is 5.75 Å². The molecular formula is C20H21NO5. The smallest absolute Gasteiger partial charge is 0.338 e. The van der Waals surface area contributed by atoms with Gasteiger partial charge in [-0.15, -0.1) is 0 Å². The monoisotopic (exact) mass is 355 g/mol. The minimum absolute atomic E-state index is 0.0363. The number of esters is 1. The maximum Gasteiger partial charge on any atom is 0.338 e. The average Bonchev–Trinajstić information content (AvgIpc) is 2.63. The minimum atomic E-state index is -0.740. The average molecular weight is 355 g/mol. The van der Waals surface area contributed by atoms with Gasteiger partial charge in [0.15, 0.2) is 11.9 Å². The predicted octanol–water partition coefficient (Wildman–Crippen LogP) is 3.47. The molecule has 2 aromatic carbocycles. The van der Waals surface area contributed by atoms with E-state index in [4.69, 9.17) is 9.47 Å². The van der Waals surface area contributed by atoms with Crippen LogP contribution in [0.3, 0.4) is 0 Å². The van der Waals surface area contributed by atoms with Gasteiger partial charge in [0.25, 0.3) is 5.91 Å². The van der Waals surface area contributed by atoms with Crippen LogP contribution in [0.1, 0.15) is 41.5 Å². The molecule has 2 rings (SSSR count). The zero-order valence-corrected chi connectivity index (χ0v) is 14.9. The van der Waals surface area contributed by atoms with Crippen LogP contribution in [-0.4, -0.2) is 30.4 Å². The number of rotatable bonds is 7. The third-order valence-corrected chi connectivity index (χ3v) is 3.61. The second-order valence-corrected chi connectivity index (χ2v) is 5.63. The summed E-state index contributed by atoms with van der Waals surface area (Å²) in [5.74, 6) is -0.299. The van der Waals surface area contributed by atoms with Crippen LogP contribution in [0, 0.1) is 0 Å². The highest BCUT2D eigenvalue weighted by atomic mass is 16.5. The molecule has 0 fully saturated rings. The van der Waals surface area contributed by atoms with Crippen molar-refractivity contribution < 1.29 is 23.9 Å². The van der Waals surface area contributed by atoms with Crippen molar-refractivity contribution in [2.24, 2.45) is 0 Å². The second-order valence-electron chi connectivity index (χ2n) is 5.63. The molecule has 0 saturated carbocycles. The summed E-state index contributed by atoms with van der Waals surface area (Å²) in [6, 6.07) is 13.0. The minimum Gasteiger partial charge on any atom is -0.481 e. The van der Waals surface area contributed by atoms with Crippen LogP contribution in [0.15, 0.2) is 48.5 Å². The van der Waals surface area contributed by atoms with Crippen LogP contribution >= 0.6 is 0 Å². The lowest BCUT2D eigenvalue weighted by Crippen LogP contribution is -2.30. The Kier molecular flexibility index (Phi) is 6.49. The van der Waals surface area contributed by atoms with Crippen molar-refractivity contribution in [1.82, 2.24) is 0 Å². The molecule has 6 nitrogen and oxygen atoms in total. The number of ketones is 1. The van der Waals surface area contributed by atoms with E-state index in [1.165, 1.54) is 6.92 Å². The Hall–Kier alpha value is -3.15. The molecule has 0 aliphatic rings. The first-order valence-electron chi connectivity index (χ1n) is 8.26. The molecule has 0 spiro atoms. The molecule has 0 aromatic heterocycles. The van der Waals surface area contributed by atoms with Gasteiger partial charge in [-0.3, -0.25) is 9.59 Å². The Bertz CT molecular complexity index is 781. The number of benzene rings is 2. The van der Waals surface area contributed by atoms with E-state index in [1.54, 1.807) is 62.4 Å². The van der Waals surface area contributed by atoms with Crippen molar-refractivity contribution in [1.29, 1.82) is 0 Å². The number of carbonyl (C=O) groups is 3.